The molecule has 0 saturated heterocycles. The maximum Gasteiger partial charge on any atom is 0.305 e. The van der Waals surface area contributed by atoms with Crippen molar-refractivity contribution in [2.45, 2.75) is 110 Å². The number of unbranched alkanes of at least 4 members (excludes halogenated alkanes) is 5. The van der Waals surface area contributed by atoms with E-state index >= 15 is 0 Å². The molecule has 0 aromatic heterocycles. The Kier molecular flexibility index (Phi) is 12.6. The molecular formula is C22H40O5. The van der Waals surface area contributed by atoms with Crippen molar-refractivity contribution in [2.24, 2.45) is 11.8 Å². The number of esters is 1. The zero-order valence-corrected chi connectivity index (χ0v) is 17.3. The summed E-state index contributed by atoms with van der Waals surface area (Å²) in [5, 5.41) is 20.6. The van der Waals surface area contributed by atoms with Gasteiger partial charge in [-0.05, 0) is 50.9 Å². The molecule has 4 atom stereocenters. The average molecular weight is 385 g/mol. The average Bonchev–Trinajstić information content (AvgIpc) is 2.89. The van der Waals surface area contributed by atoms with Crippen LogP contribution in [0.5, 0.6) is 0 Å². The van der Waals surface area contributed by atoms with Gasteiger partial charge in [0.1, 0.15) is 5.78 Å². The number of Topliss-reactive ketones (excluding diaryl/α,β-unsaturated/α-hetero) is 1. The van der Waals surface area contributed by atoms with Gasteiger partial charge in [-0.3, -0.25) is 9.59 Å². The van der Waals surface area contributed by atoms with E-state index in [1.165, 1.54) is 0 Å². The molecule has 1 saturated carbocycles. The Balaban J connectivity index is 2.26. The predicted octanol–water partition coefficient (Wildman–Crippen LogP) is 4.18. The first-order chi connectivity index (χ1) is 13.0. The van der Waals surface area contributed by atoms with Crippen molar-refractivity contribution in [1.29, 1.82) is 0 Å². The lowest BCUT2D eigenvalue weighted by Gasteiger charge is -2.23. The highest BCUT2D eigenvalue weighted by Crippen LogP contribution is 2.39. The maximum absolute atomic E-state index is 12.0. The largest absolute Gasteiger partial charge is 0.466 e. The fourth-order valence-electron chi connectivity index (χ4n) is 4.24. The van der Waals surface area contributed by atoms with Gasteiger partial charge in [-0.2, -0.15) is 0 Å². The first-order valence-corrected chi connectivity index (χ1v) is 11.0. The minimum absolute atomic E-state index is 0.0367. The summed E-state index contributed by atoms with van der Waals surface area (Å²) in [5.41, 5.74) is 0. The Morgan fingerprint density at radius 1 is 0.815 bits per heavy atom. The van der Waals surface area contributed by atoms with Gasteiger partial charge in [0.25, 0.3) is 0 Å². The molecule has 1 aliphatic rings. The van der Waals surface area contributed by atoms with Crippen LogP contribution in [0.1, 0.15) is 97.3 Å². The van der Waals surface area contributed by atoms with Gasteiger partial charge in [-0.1, -0.05) is 39.0 Å². The fourth-order valence-corrected chi connectivity index (χ4v) is 4.24. The van der Waals surface area contributed by atoms with Crippen molar-refractivity contribution in [3.05, 3.63) is 0 Å². The van der Waals surface area contributed by atoms with Crippen molar-refractivity contribution >= 4 is 11.8 Å². The molecule has 1 aliphatic carbocycles. The third kappa shape index (κ3) is 9.70. The minimum Gasteiger partial charge on any atom is -0.466 e. The molecule has 0 spiro atoms. The molecule has 0 aromatic carbocycles. The van der Waals surface area contributed by atoms with E-state index < -0.39 is 12.2 Å². The standard InChI is InChI=1S/C22H40O5/c1-3-5-8-11-17(23)14-15-19-18(20(24)16-21(19)25)12-9-6-7-10-13-22(26)27-4-2/h18-21,24-25H,3-16H2,1-2H3/t18-,19+,20-,21+/m0/s1. The SMILES string of the molecule is CCCCCC(=O)CC[C@@H]1[C@H](CCCCCCC(=O)OCC)[C@@H](O)C[C@H]1O. The molecule has 5 nitrogen and oxygen atoms in total. The highest BCUT2D eigenvalue weighted by Gasteiger charge is 2.40. The van der Waals surface area contributed by atoms with Gasteiger partial charge in [-0.15, -0.1) is 0 Å². The second-order valence-corrected chi connectivity index (χ2v) is 7.99. The van der Waals surface area contributed by atoms with E-state index in [0.29, 0.717) is 38.7 Å². The summed E-state index contributed by atoms with van der Waals surface area (Å²) in [6, 6.07) is 0. The van der Waals surface area contributed by atoms with Gasteiger partial charge in [-0.25, -0.2) is 0 Å². The lowest BCUT2D eigenvalue weighted by Crippen LogP contribution is -2.23. The third-order valence-corrected chi connectivity index (χ3v) is 5.81. The minimum atomic E-state index is -0.489. The first kappa shape index (κ1) is 24.1. The van der Waals surface area contributed by atoms with E-state index in [1.807, 2.05) is 6.92 Å². The van der Waals surface area contributed by atoms with Gasteiger partial charge < -0.3 is 14.9 Å². The van der Waals surface area contributed by atoms with E-state index in [9.17, 15) is 19.8 Å². The van der Waals surface area contributed by atoms with Crippen LogP contribution in [-0.4, -0.2) is 40.8 Å². The van der Waals surface area contributed by atoms with Gasteiger partial charge in [0.2, 0.25) is 0 Å². The van der Waals surface area contributed by atoms with Crippen LogP contribution in [0.15, 0.2) is 0 Å². The van der Waals surface area contributed by atoms with Crippen molar-refractivity contribution < 1.29 is 24.5 Å². The number of aliphatic hydroxyl groups is 2. The van der Waals surface area contributed by atoms with Crippen LogP contribution >= 0.6 is 0 Å². The molecule has 1 rings (SSSR count). The van der Waals surface area contributed by atoms with Crippen molar-refractivity contribution in [3.8, 4) is 0 Å². The Hall–Kier alpha value is -0.940. The van der Waals surface area contributed by atoms with Crippen molar-refractivity contribution in [1.82, 2.24) is 0 Å². The highest BCUT2D eigenvalue weighted by atomic mass is 16.5. The molecule has 158 valence electrons. The van der Waals surface area contributed by atoms with E-state index in [1.54, 1.807) is 0 Å². The molecule has 0 aromatic rings. The summed E-state index contributed by atoms with van der Waals surface area (Å²) in [5.74, 6) is 0.286. The Labute approximate surface area is 164 Å². The normalized spacial score (nSPS) is 24.9. The second kappa shape index (κ2) is 14.1. The molecule has 0 amide bonds. The van der Waals surface area contributed by atoms with Gasteiger partial charge in [0.15, 0.2) is 0 Å². The maximum atomic E-state index is 12.0. The van der Waals surface area contributed by atoms with Gasteiger partial charge in [0.05, 0.1) is 18.8 Å². The lowest BCUT2D eigenvalue weighted by molar-refractivity contribution is -0.143. The van der Waals surface area contributed by atoms with Crippen molar-refractivity contribution in [3.63, 3.8) is 0 Å². The summed E-state index contributed by atoms with van der Waals surface area (Å²) in [6.07, 6.45) is 9.68. The van der Waals surface area contributed by atoms with Crippen LogP contribution < -0.4 is 0 Å². The highest BCUT2D eigenvalue weighted by molar-refractivity contribution is 5.78. The van der Waals surface area contributed by atoms with Crippen LogP contribution in [0.4, 0.5) is 0 Å². The molecule has 0 aliphatic heterocycles. The van der Waals surface area contributed by atoms with Crippen LogP contribution in [0, 0.1) is 11.8 Å². The zero-order valence-electron chi connectivity index (χ0n) is 17.3. The van der Waals surface area contributed by atoms with Crippen LogP contribution in [0.2, 0.25) is 0 Å². The number of aliphatic hydroxyl groups excluding tert-OH is 2. The second-order valence-electron chi connectivity index (χ2n) is 7.99. The fraction of sp³-hybridized carbons (Fsp3) is 0.909. The number of ketones is 1. The Morgan fingerprint density at radius 2 is 1.44 bits per heavy atom. The molecule has 27 heavy (non-hydrogen) atoms. The number of hydrogen-bond donors (Lipinski definition) is 2. The van der Waals surface area contributed by atoms with E-state index in [2.05, 4.69) is 6.92 Å². The summed E-state index contributed by atoms with van der Waals surface area (Å²) in [7, 11) is 0. The molecule has 0 bridgehead atoms. The Morgan fingerprint density at radius 3 is 2.11 bits per heavy atom. The quantitative estimate of drug-likeness (QED) is 0.327. The molecule has 5 heteroatoms. The summed E-state index contributed by atoms with van der Waals surface area (Å²) in [4.78, 5) is 23.3. The number of hydrogen-bond acceptors (Lipinski definition) is 5. The van der Waals surface area contributed by atoms with Gasteiger partial charge in [0, 0.05) is 19.3 Å². The van der Waals surface area contributed by atoms with Crippen LogP contribution in [0.3, 0.4) is 0 Å². The third-order valence-electron chi connectivity index (χ3n) is 5.81. The first-order valence-electron chi connectivity index (χ1n) is 11.0. The molecule has 2 N–H and O–H groups in total. The van der Waals surface area contributed by atoms with Gasteiger partial charge >= 0.3 is 5.97 Å². The van der Waals surface area contributed by atoms with E-state index in [-0.39, 0.29) is 23.6 Å². The van der Waals surface area contributed by atoms with Crippen LogP contribution in [0.25, 0.3) is 0 Å². The van der Waals surface area contributed by atoms with E-state index in [0.717, 1.165) is 51.4 Å². The molecule has 0 heterocycles. The number of rotatable bonds is 15. The molecule has 0 radical (unpaired) electrons. The summed E-state index contributed by atoms with van der Waals surface area (Å²) < 4.78 is 4.92. The predicted molar refractivity (Wildman–Crippen MR) is 106 cm³/mol. The monoisotopic (exact) mass is 384 g/mol. The van der Waals surface area contributed by atoms with E-state index in [4.69, 9.17) is 4.74 Å². The molecule has 1 fully saturated rings. The topological polar surface area (TPSA) is 83.8 Å². The number of ether oxygens (including phenoxy) is 1. The Bertz CT molecular complexity index is 423. The summed E-state index contributed by atoms with van der Waals surface area (Å²) >= 11 is 0. The molecule has 0 unspecified atom stereocenters. The number of carbonyl (C=O) groups excluding carboxylic acids is 2. The smallest absolute Gasteiger partial charge is 0.305 e. The lowest BCUT2D eigenvalue weighted by atomic mass is 9.84. The van der Waals surface area contributed by atoms with Crippen molar-refractivity contribution in [2.75, 3.05) is 6.61 Å². The zero-order chi connectivity index (χ0) is 20.1. The molecular weight excluding hydrogens is 344 g/mol. The van der Waals surface area contributed by atoms with Crippen LogP contribution in [-0.2, 0) is 14.3 Å². The summed E-state index contributed by atoms with van der Waals surface area (Å²) in [6.45, 7) is 4.37. The number of carbonyl (C=O) groups is 2.